The zero-order valence-corrected chi connectivity index (χ0v) is 73.2. The van der Waals surface area contributed by atoms with E-state index in [4.69, 9.17) is 24.5 Å². The molecule has 4 aromatic heterocycles. The van der Waals surface area contributed by atoms with Gasteiger partial charge in [0.1, 0.15) is 5.78 Å². The molecule has 21 heteroatoms. The van der Waals surface area contributed by atoms with Crippen LogP contribution in [0.1, 0.15) is 349 Å². The maximum absolute atomic E-state index is 12.2. The molecule has 18 nitrogen and oxygen atoms in total. The van der Waals surface area contributed by atoms with E-state index >= 15 is 0 Å². The van der Waals surface area contributed by atoms with Crippen LogP contribution in [0.2, 0.25) is 0 Å². The predicted molar refractivity (Wildman–Crippen MR) is 471 cm³/mol. The van der Waals surface area contributed by atoms with Crippen LogP contribution >= 0.6 is 17.8 Å². The molecular weight excluding hydrogens is 1540 g/mol. The second-order valence-electron chi connectivity index (χ2n) is 43.1. The Balaban J connectivity index is 0.000000144. The molecule has 4 heterocycles. The first-order valence-electron chi connectivity index (χ1n) is 46.1. The predicted octanol–water partition coefficient (Wildman–Crippen LogP) is 20.8. The Morgan fingerprint density at radius 3 is 0.950 bits per heavy atom. The second kappa shape index (κ2) is 33.9. The van der Waals surface area contributed by atoms with Crippen LogP contribution < -0.4 is 22.5 Å². The minimum atomic E-state index is -0.661. The normalized spacial score (nSPS) is 47.3. The lowest BCUT2D eigenvalue weighted by Crippen LogP contribution is -2.62. The van der Waals surface area contributed by atoms with Gasteiger partial charge >= 0.3 is 22.5 Å². The summed E-state index contributed by atoms with van der Waals surface area (Å²) in [7, 11) is 2.52. The zero-order chi connectivity index (χ0) is 83.1. The number of aliphatic hydroxyl groups excluding tert-OH is 2. The van der Waals surface area contributed by atoms with Crippen LogP contribution in [0, 0.1) is 114 Å². The number of hydrogen-bond donors (Lipinski definition) is 6. The van der Waals surface area contributed by atoms with Crippen LogP contribution in [0.4, 0.5) is 4.70 Å². The molecule has 0 bridgehead atoms. The summed E-state index contributed by atoms with van der Waals surface area (Å²) in [5.74, 6) is 7.24. The van der Waals surface area contributed by atoms with Crippen LogP contribution in [0.5, 0.6) is 0 Å². The summed E-state index contributed by atoms with van der Waals surface area (Å²) in [4.78, 5) is 60.8. The van der Waals surface area contributed by atoms with Crippen LogP contribution in [0.3, 0.4) is 0 Å². The van der Waals surface area contributed by atoms with Crippen molar-refractivity contribution in [1.82, 2.24) is 0 Å². The highest BCUT2D eigenvalue weighted by atomic mass is 32.0. The minimum Gasteiger partial charge on any atom is -0.431 e. The molecule has 6 N–H and O–H groups in total. The molecule has 16 aliphatic rings. The molecule has 16 saturated carbocycles. The van der Waals surface area contributed by atoms with Gasteiger partial charge in [-0.25, -0.2) is 19.2 Å². The number of ketones is 1. The Labute approximate surface area is 713 Å². The van der Waals surface area contributed by atoms with E-state index in [2.05, 4.69) is 74.3 Å². The maximum atomic E-state index is 12.2. The van der Waals surface area contributed by atoms with Gasteiger partial charge < -0.3 is 48.3 Å². The van der Waals surface area contributed by atoms with Gasteiger partial charge in [-0.05, 0) is 387 Å². The average Bonchev–Trinajstić information content (AvgIpc) is 1.63. The third kappa shape index (κ3) is 14.6. The molecule has 10 unspecified atom stereocenters. The van der Waals surface area contributed by atoms with Crippen LogP contribution in [-0.2, 0) is 4.79 Å². The molecule has 119 heavy (non-hydrogen) atoms. The van der Waals surface area contributed by atoms with Crippen LogP contribution in [0.25, 0.3) is 10.4 Å². The number of fused-ring (bicyclic) bond motifs is 20. The average molecular weight is 1690 g/mol. The van der Waals surface area contributed by atoms with Gasteiger partial charge in [0.25, 0.3) is 0 Å². The van der Waals surface area contributed by atoms with Gasteiger partial charge in [-0.3, -0.25) is 9.50 Å². The van der Waals surface area contributed by atoms with Gasteiger partial charge in [0.15, 0.2) is 0 Å². The molecule has 0 spiro atoms. The lowest BCUT2D eigenvalue weighted by molar-refractivity contribution is -0.205. The highest BCUT2D eigenvalue weighted by Crippen LogP contribution is 2.76. The van der Waals surface area contributed by atoms with Crippen molar-refractivity contribution in [2.75, 3.05) is 0 Å². The first-order chi connectivity index (χ1) is 55.6. The fourth-order valence-corrected chi connectivity index (χ4v) is 33.2. The largest absolute Gasteiger partial charge is 0.431 e. The molecule has 16 fully saturated rings. The number of Topliss-reactive ketones (excluding diaryl/α,β-unsaturated/α-hetero) is 1. The first-order valence-corrected chi connectivity index (χ1v) is 47.9. The molecule has 0 aromatic carbocycles. The number of nitrogens with zero attached hydrogens (tertiary/aromatic N) is 3. The highest BCUT2D eigenvalue weighted by molar-refractivity contribution is 7.92. The SMILES string of the molecule is C.C.C[C@]12CCC(=O)C[C@H]1CCC1C2CC[C@]2(C)[C@@H](c3ccc(=O)oc3)CC[C@]12O.C[C@]12CC[C@@H](O)C[C@H]1CCC1C2CC[C@]2(C)[C@@H](c3ccc(=O)oc3)CC[C@]12O.C[C@]12CC[C@H](N=[N+]=[N-])C[C@H]1CCC1C2CC[C@]2(C)[C@@H](c3ccc(=O)oc3)CC[C@]12O.C[C@]12CC[C@H](O)C[C@H]1CCC1C2CC[C@]2(C)[C@@H](c3ccc(=O)oc3)CC[C@]12O.F.[2HH].[3H]PP. The summed E-state index contributed by atoms with van der Waals surface area (Å²) in [5, 5.41) is 73.2. The monoisotopic (exact) mass is 1690 g/mol. The van der Waals surface area contributed by atoms with Crippen molar-refractivity contribution in [1.29, 1.82) is 1.28 Å². The summed E-state index contributed by atoms with van der Waals surface area (Å²) in [6.45, 7) is 18.9. The number of aliphatic hydroxyl groups is 6. The van der Waals surface area contributed by atoms with Crippen molar-refractivity contribution in [3.63, 3.8) is 0 Å². The topological polar surface area (TPSA) is 308 Å². The van der Waals surface area contributed by atoms with Gasteiger partial charge in [-0.15, -0.1) is 17.8 Å². The van der Waals surface area contributed by atoms with Crippen molar-refractivity contribution in [2.45, 2.75) is 366 Å². The first kappa shape index (κ1) is 90.6. The van der Waals surface area contributed by atoms with Gasteiger partial charge in [0, 0.05) is 71.1 Å². The number of carbonyl (C=O) groups excluding carboxylic acids is 1. The molecule has 0 amide bonds. The summed E-state index contributed by atoms with van der Waals surface area (Å²) in [6, 6.07) is 13.8. The smallest absolute Gasteiger partial charge is 0.335 e. The molecule has 662 valence electrons. The van der Waals surface area contributed by atoms with Crippen LogP contribution in [-0.4, -0.2) is 78.4 Å². The third-order valence-electron chi connectivity index (χ3n) is 39.9. The lowest BCUT2D eigenvalue weighted by Gasteiger charge is -2.63. The summed E-state index contributed by atoms with van der Waals surface area (Å²) in [5.41, 5.74) is 9.54. The standard InChI is InChI=1S/C24H33N3O3.2C24H34O4.C24H32O4.2CH4.FH.H4P2.H2/c1-22-10-7-17(26-27-25)13-16(22)4-5-20-19(22)8-11-23(2)18(9-12-24(20,23)29)15-3-6-21(28)30-14-15;3*1-22-10-7-17(25)13-16(22)4-5-20-19(22)8-11-23(2)18(9-12-24(20,23)27)15-3-6-21(26)28-14-15;;;;1-2;/h3,6,14,16-20,29H,4-5,7-13H2,1-2H3;2*3,6,14,16-20,25,27H,4-5,7-13H2,1-2H3;3,6,14,16,18-20,27H,4-5,7-13H2,1-2H3;2*1H4;1H;1-2H2;1H/t2*16-,17+,18-,19?,20?,22+,23-,24+;16-,17-,18-,19?,20?,22+,23-,24+;16-,18-,19?,20?,22+,23-,24+;;;;;/m1111...../s1/i;;;;;;;1T;1+1. The van der Waals surface area contributed by atoms with E-state index < -0.39 is 22.4 Å². The molecule has 33 atom stereocenters. The van der Waals surface area contributed by atoms with Crippen LogP contribution in [0.15, 0.2) is 116 Å². The van der Waals surface area contributed by atoms with Crippen molar-refractivity contribution in [3.8, 4) is 0 Å². The molecular formula is C98H148FN3O15P2. The second-order valence-corrected chi connectivity index (χ2v) is 43.1. The lowest BCUT2D eigenvalue weighted by atomic mass is 9.43. The van der Waals surface area contributed by atoms with E-state index in [9.17, 15) is 54.6 Å². The van der Waals surface area contributed by atoms with E-state index in [0.29, 0.717) is 76.8 Å². The Morgan fingerprint density at radius 2 is 0.664 bits per heavy atom. The van der Waals surface area contributed by atoms with Crippen molar-refractivity contribution < 1.29 is 59.2 Å². The summed E-state index contributed by atoms with van der Waals surface area (Å²) in [6.07, 6.45) is 42.3. The molecule has 20 rings (SSSR count). The Morgan fingerprint density at radius 1 is 0.387 bits per heavy atom. The molecule has 0 saturated heterocycles. The molecule has 4 aromatic rings. The van der Waals surface area contributed by atoms with E-state index in [1.165, 1.54) is 37.1 Å². The number of azide groups is 1. The summed E-state index contributed by atoms with van der Waals surface area (Å²) < 4.78 is 26.9. The third-order valence-corrected chi connectivity index (χ3v) is 39.9. The Bertz CT molecular complexity index is 4410. The number of carbonyl (C=O) groups is 1. The van der Waals surface area contributed by atoms with Gasteiger partial charge in [0.2, 0.25) is 0 Å². The number of hydrogen-bond acceptors (Lipinski definition) is 16. The molecule has 0 radical (unpaired) electrons. The highest BCUT2D eigenvalue weighted by Gasteiger charge is 2.73. The van der Waals surface area contributed by atoms with E-state index in [1.807, 2.05) is 24.3 Å². The van der Waals surface area contributed by atoms with E-state index in [0.717, 1.165) is 241 Å². The molecule has 0 aliphatic heterocycles. The number of rotatable bonds is 5. The summed E-state index contributed by atoms with van der Waals surface area (Å²) >= 11 is 0. The van der Waals surface area contributed by atoms with Crippen molar-refractivity contribution in [2.24, 2.45) is 119 Å². The quantitative estimate of drug-likeness (QED) is 0.0468. The fraction of sp³-hybridized carbons (Fsp3) is 0.786. The van der Waals surface area contributed by atoms with E-state index in [1.54, 1.807) is 25.1 Å². The number of halogens is 1. The molecule has 16 aliphatic carbocycles. The van der Waals surface area contributed by atoms with Gasteiger partial charge in [-0.1, -0.05) is 75.4 Å². The van der Waals surface area contributed by atoms with E-state index in [-0.39, 0.29) is 138 Å². The van der Waals surface area contributed by atoms with Gasteiger partial charge in [-0.2, -0.15) is 0 Å². The van der Waals surface area contributed by atoms with Crippen molar-refractivity contribution in [3.05, 3.63) is 148 Å². The minimum absolute atomic E-state index is 0. The maximum Gasteiger partial charge on any atom is 0.335 e. The fourth-order valence-electron chi connectivity index (χ4n) is 33.2. The Kier molecular flexibility index (Phi) is 25.8. The van der Waals surface area contributed by atoms with Crippen molar-refractivity contribution >= 4 is 23.6 Å². The Hall–Kier alpha value is -4.67. The van der Waals surface area contributed by atoms with Gasteiger partial charge in [0.05, 0.1) is 60.9 Å². The zero-order valence-electron chi connectivity index (χ0n) is 72.0.